The minimum absolute atomic E-state index is 0.00593. The van der Waals surface area contributed by atoms with Gasteiger partial charge in [-0.2, -0.15) is 5.26 Å². The van der Waals surface area contributed by atoms with Crippen LogP contribution in [0, 0.1) is 17.1 Å². The Labute approximate surface area is 91.0 Å². The Balaban J connectivity index is 3.33. The molecule has 0 aromatic heterocycles. The molecule has 0 spiro atoms. The zero-order valence-electron chi connectivity index (χ0n) is 7.88. The lowest BCUT2D eigenvalue weighted by atomic mass is 10.1. The Kier molecular flexibility index (Phi) is 3.64. The van der Waals surface area contributed by atoms with Crippen molar-refractivity contribution in [3.8, 4) is 6.07 Å². The Morgan fingerprint density at radius 3 is 2.87 bits per heavy atom. The monoisotopic (exact) mass is 227 g/mol. The molecule has 0 aliphatic rings. The van der Waals surface area contributed by atoms with Crippen molar-refractivity contribution in [1.82, 2.24) is 0 Å². The van der Waals surface area contributed by atoms with E-state index in [1.807, 2.05) is 0 Å². The van der Waals surface area contributed by atoms with Gasteiger partial charge in [-0.25, -0.2) is 9.18 Å². The first kappa shape index (κ1) is 11.5. The highest BCUT2D eigenvalue weighted by molar-refractivity contribution is 6.33. The van der Waals surface area contributed by atoms with Crippen LogP contribution in [0.4, 0.5) is 4.39 Å². The molecule has 1 rings (SSSR count). The standard InChI is InChI=1S/C10H7ClFNO2/c1-2-15-10(14)9-6(5-13)8(12)4-3-7(9)11/h3-4H,2H2,1H3. The molecule has 0 saturated heterocycles. The number of benzene rings is 1. The van der Waals surface area contributed by atoms with Gasteiger partial charge in [-0.3, -0.25) is 0 Å². The molecule has 0 radical (unpaired) electrons. The van der Waals surface area contributed by atoms with Gasteiger partial charge < -0.3 is 4.74 Å². The average molecular weight is 228 g/mol. The fourth-order valence-electron chi connectivity index (χ4n) is 1.06. The Morgan fingerprint density at radius 2 is 2.33 bits per heavy atom. The number of carbonyl (C=O) groups is 1. The van der Waals surface area contributed by atoms with Crippen LogP contribution >= 0.6 is 11.6 Å². The zero-order valence-corrected chi connectivity index (χ0v) is 8.64. The van der Waals surface area contributed by atoms with Crippen molar-refractivity contribution in [2.24, 2.45) is 0 Å². The molecule has 1 aromatic carbocycles. The summed E-state index contributed by atoms with van der Waals surface area (Å²) in [5.74, 6) is -1.58. The molecule has 0 heterocycles. The first-order valence-corrected chi connectivity index (χ1v) is 4.54. The normalized spacial score (nSPS) is 9.47. The van der Waals surface area contributed by atoms with Gasteiger partial charge in [0, 0.05) is 0 Å². The van der Waals surface area contributed by atoms with E-state index >= 15 is 0 Å². The fraction of sp³-hybridized carbons (Fsp3) is 0.200. The number of nitriles is 1. The predicted octanol–water partition coefficient (Wildman–Crippen LogP) is 2.53. The largest absolute Gasteiger partial charge is 0.462 e. The molecule has 0 aliphatic carbocycles. The maximum Gasteiger partial charge on any atom is 0.341 e. The summed E-state index contributed by atoms with van der Waals surface area (Å²) in [6.45, 7) is 1.74. The summed E-state index contributed by atoms with van der Waals surface area (Å²) in [6.07, 6.45) is 0. The molecule has 0 amide bonds. The maximum absolute atomic E-state index is 13.1. The van der Waals surface area contributed by atoms with E-state index in [1.165, 1.54) is 6.07 Å². The lowest BCUT2D eigenvalue weighted by Gasteiger charge is -2.06. The molecule has 0 N–H and O–H groups in total. The molecule has 0 atom stereocenters. The highest BCUT2D eigenvalue weighted by Crippen LogP contribution is 2.23. The van der Waals surface area contributed by atoms with Crippen molar-refractivity contribution in [1.29, 1.82) is 5.26 Å². The smallest absolute Gasteiger partial charge is 0.341 e. The highest BCUT2D eigenvalue weighted by Gasteiger charge is 2.20. The summed E-state index contributed by atoms with van der Waals surface area (Å²) >= 11 is 5.69. The number of carbonyl (C=O) groups excluding carboxylic acids is 1. The Bertz CT molecular complexity index is 440. The summed E-state index contributed by atoms with van der Waals surface area (Å²) in [7, 11) is 0. The lowest BCUT2D eigenvalue weighted by Crippen LogP contribution is -2.09. The van der Waals surface area contributed by atoms with Crippen LogP contribution in [0.2, 0.25) is 5.02 Å². The summed E-state index contributed by atoms with van der Waals surface area (Å²) in [6, 6.07) is 3.83. The number of ether oxygens (including phenoxy) is 1. The highest BCUT2D eigenvalue weighted by atomic mass is 35.5. The quantitative estimate of drug-likeness (QED) is 0.730. The first-order chi connectivity index (χ1) is 7.11. The van der Waals surface area contributed by atoms with Gasteiger partial charge >= 0.3 is 5.97 Å². The van der Waals surface area contributed by atoms with Gasteiger partial charge in [0.15, 0.2) is 0 Å². The van der Waals surface area contributed by atoms with Crippen molar-refractivity contribution in [2.75, 3.05) is 6.61 Å². The van der Waals surface area contributed by atoms with Gasteiger partial charge in [0.2, 0.25) is 0 Å². The van der Waals surface area contributed by atoms with Crippen LogP contribution in [-0.4, -0.2) is 12.6 Å². The summed E-state index contributed by atoms with van der Waals surface area (Å²) in [4.78, 5) is 11.4. The van der Waals surface area contributed by atoms with Gasteiger partial charge in [-0.15, -0.1) is 0 Å². The van der Waals surface area contributed by atoms with Gasteiger partial charge in [-0.1, -0.05) is 11.6 Å². The molecule has 0 bridgehead atoms. The molecule has 78 valence electrons. The third kappa shape index (κ3) is 2.25. The van der Waals surface area contributed by atoms with Crippen LogP contribution in [0.15, 0.2) is 12.1 Å². The molecule has 5 heteroatoms. The minimum Gasteiger partial charge on any atom is -0.462 e. The van der Waals surface area contributed by atoms with Crippen LogP contribution in [0.25, 0.3) is 0 Å². The molecule has 3 nitrogen and oxygen atoms in total. The third-order valence-electron chi connectivity index (χ3n) is 1.70. The van der Waals surface area contributed by atoms with Gasteiger partial charge in [-0.05, 0) is 19.1 Å². The van der Waals surface area contributed by atoms with E-state index in [0.717, 1.165) is 6.07 Å². The van der Waals surface area contributed by atoms with Crippen LogP contribution in [0.1, 0.15) is 22.8 Å². The zero-order chi connectivity index (χ0) is 11.4. The molecular formula is C10H7ClFNO2. The number of esters is 1. The maximum atomic E-state index is 13.1. The van der Waals surface area contributed by atoms with Crippen molar-refractivity contribution < 1.29 is 13.9 Å². The number of hydrogen-bond donors (Lipinski definition) is 0. The van der Waals surface area contributed by atoms with Gasteiger partial charge in [0.25, 0.3) is 0 Å². The molecule has 1 aromatic rings. The summed E-state index contributed by atoms with van der Waals surface area (Å²) in [5.41, 5.74) is -0.609. The van der Waals surface area contributed by atoms with Crippen LogP contribution in [0.5, 0.6) is 0 Å². The Hall–Kier alpha value is -1.60. The lowest BCUT2D eigenvalue weighted by molar-refractivity contribution is 0.0525. The topological polar surface area (TPSA) is 50.1 Å². The Morgan fingerprint density at radius 1 is 1.67 bits per heavy atom. The van der Waals surface area contributed by atoms with Crippen molar-refractivity contribution in [2.45, 2.75) is 6.92 Å². The second-order valence-corrected chi connectivity index (χ2v) is 3.02. The SMILES string of the molecule is CCOC(=O)c1c(Cl)ccc(F)c1C#N. The van der Waals surface area contributed by atoms with E-state index in [1.54, 1.807) is 13.0 Å². The van der Waals surface area contributed by atoms with Crippen molar-refractivity contribution in [3.63, 3.8) is 0 Å². The van der Waals surface area contributed by atoms with Crippen molar-refractivity contribution >= 4 is 17.6 Å². The summed E-state index contributed by atoms with van der Waals surface area (Å²) in [5, 5.41) is 8.69. The second-order valence-electron chi connectivity index (χ2n) is 2.61. The van der Waals surface area contributed by atoms with E-state index in [9.17, 15) is 9.18 Å². The van der Waals surface area contributed by atoms with Crippen LogP contribution < -0.4 is 0 Å². The molecule has 15 heavy (non-hydrogen) atoms. The molecule has 0 aliphatic heterocycles. The van der Waals surface area contributed by atoms with E-state index < -0.39 is 11.8 Å². The van der Waals surface area contributed by atoms with E-state index in [4.69, 9.17) is 16.9 Å². The van der Waals surface area contributed by atoms with Crippen LogP contribution in [0.3, 0.4) is 0 Å². The van der Waals surface area contributed by atoms with E-state index in [-0.39, 0.29) is 22.8 Å². The first-order valence-electron chi connectivity index (χ1n) is 4.17. The molecular weight excluding hydrogens is 221 g/mol. The fourth-order valence-corrected chi connectivity index (χ4v) is 1.30. The number of nitrogens with zero attached hydrogens (tertiary/aromatic N) is 1. The van der Waals surface area contributed by atoms with Crippen LogP contribution in [-0.2, 0) is 4.74 Å². The third-order valence-corrected chi connectivity index (χ3v) is 2.01. The minimum atomic E-state index is -0.793. The number of halogens is 2. The van der Waals surface area contributed by atoms with Gasteiger partial charge in [0.1, 0.15) is 17.4 Å². The average Bonchev–Trinajstić information content (AvgIpc) is 2.21. The second kappa shape index (κ2) is 4.76. The molecule has 0 saturated carbocycles. The predicted molar refractivity (Wildman–Crippen MR) is 52.1 cm³/mol. The van der Waals surface area contributed by atoms with Crippen molar-refractivity contribution in [3.05, 3.63) is 34.1 Å². The molecule has 0 fully saturated rings. The summed E-state index contributed by atoms with van der Waals surface area (Å²) < 4.78 is 17.8. The van der Waals surface area contributed by atoms with Gasteiger partial charge in [0.05, 0.1) is 17.2 Å². The molecule has 0 unspecified atom stereocenters. The number of rotatable bonds is 2. The van der Waals surface area contributed by atoms with E-state index in [0.29, 0.717) is 0 Å². The van der Waals surface area contributed by atoms with E-state index in [2.05, 4.69) is 4.74 Å². The number of hydrogen-bond acceptors (Lipinski definition) is 3.